The summed E-state index contributed by atoms with van der Waals surface area (Å²) in [7, 11) is 1.63. The van der Waals surface area contributed by atoms with Gasteiger partial charge in [-0.3, -0.25) is 4.79 Å². The van der Waals surface area contributed by atoms with Crippen LogP contribution in [0.3, 0.4) is 0 Å². The Hall–Kier alpha value is -1.71. The van der Waals surface area contributed by atoms with E-state index in [1.165, 1.54) is 6.42 Å². The third-order valence-electron chi connectivity index (χ3n) is 3.41. The molecule has 1 aliphatic rings. The number of nitrogens with two attached hydrogens (primary N) is 1. The summed E-state index contributed by atoms with van der Waals surface area (Å²) in [6, 6.07) is 5.34. The molecule has 1 aromatic carbocycles. The fourth-order valence-electron chi connectivity index (χ4n) is 2.16. The first-order valence-electron chi connectivity index (χ1n) is 5.94. The highest BCUT2D eigenvalue weighted by Crippen LogP contribution is 2.36. The first-order chi connectivity index (χ1) is 8.04. The second-order valence-electron chi connectivity index (χ2n) is 4.92. The van der Waals surface area contributed by atoms with Gasteiger partial charge in [-0.05, 0) is 44.4 Å². The molecule has 0 saturated heterocycles. The van der Waals surface area contributed by atoms with Crippen LogP contribution in [0.25, 0.3) is 0 Å². The van der Waals surface area contributed by atoms with Crippen molar-refractivity contribution in [2.45, 2.75) is 31.7 Å². The first-order valence-corrected chi connectivity index (χ1v) is 5.94. The van der Waals surface area contributed by atoms with Gasteiger partial charge in [-0.1, -0.05) is 0 Å². The Morgan fingerprint density at radius 2 is 2.12 bits per heavy atom. The molecule has 0 bridgehead atoms. The summed E-state index contributed by atoms with van der Waals surface area (Å²) in [6.07, 6.45) is 3.51. The second-order valence-corrected chi connectivity index (χ2v) is 4.92. The molecule has 1 aliphatic carbocycles. The lowest BCUT2D eigenvalue weighted by Crippen LogP contribution is -2.42. The first kappa shape index (κ1) is 11.8. The normalized spacial score (nSPS) is 17.1. The third-order valence-corrected chi connectivity index (χ3v) is 3.41. The van der Waals surface area contributed by atoms with E-state index in [1.54, 1.807) is 19.2 Å². The van der Waals surface area contributed by atoms with E-state index in [0.717, 1.165) is 18.5 Å². The SMILES string of the molecule is CNC(=O)c1ccc(N)cc1NC1(C)CCC1. The lowest BCUT2D eigenvalue weighted by atomic mass is 9.78. The lowest BCUT2D eigenvalue weighted by molar-refractivity contribution is 0.0963. The van der Waals surface area contributed by atoms with Crippen LogP contribution in [0.4, 0.5) is 11.4 Å². The number of nitrogen functional groups attached to an aromatic ring is 1. The number of hydrogen-bond acceptors (Lipinski definition) is 3. The molecule has 1 amide bonds. The van der Waals surface area contributed by atoms with Crippen molar-refractivity contribution in [2.24, 2.45) is 0 Å². The summed E-state index contributed by atoms with van der Waals surface area (Å²) in [4.78, 5) is 11.7. The van der Waals surface area contributed by atoms with Crippen molar-refractivity contribution in [3.8, 4) is 0 Å². The van der Waals surface area contributed by atoms with Gasteiger partial charge in [0.2, 0.25) is 0 Å². The molecule has 2 rings (SSSR count). The second kappa shape index (κ2) is 4.28. The van der Waals surface area contributed by atoms with Gasteiger partial charge in [-0.25, -0.2) is 0 Å². The van der Waals surface area contributed by atoms with E-state index < -0.39 is 0 Å². The maximum atomic E-state index is 11.7. The van der Waals surface area contributed by atoms with Crippen LogP contribution < -0.4 is 16.4 Å². The predicted octanol–water partition coefficient (Wildman–Crippen LogP) is 1.98. The molecular weight excluding hydrogens is 214 g/mol. The topological polar surface area (TPSA) is 67.2 Å². The smallest absolute Gasteiger partial charge is 0.253 e. The monoisotopic (exact) mass is 233 g/mol. The zero-order valence-electron chi connectivity index (χ0n) is 10.3. The van der Waals surface area contributed by atoms with Crippen LogP contribution in [0.1, 0.15) is 36.5 Å². The Labute approximate surface area is 102 Å². The van der Waals surface area contributed by atoms with Gasteiger partial charge in [0, 0.05) is 24.0 Å². The quantitative estimate of drug-likeness (QED) is 0.699. The predicted molar refractivity (Wildman–Crippen MR) is 70.1 cm³/mol. The van der Waals surface area contributed by atoms with Gasteiger partial charge in [0.05, 0.1) is 5.56 Å². The minimum atomic E-state index is -0.0876. The number of benzene rings is 1. The molecule has 0 aromatic heterocycles. The Morgan fingerprint density at radius 3 is 2.65 bits per heavy atom. The standard InChI is InChI=1S/C13H19N3O/c1-13(6-3-7-13)16-11-8-9(14)4-5-10(11)12(17)15-2/h4-5,8,16H,3,6-7,14H2,1-2H3,(H,15,17). The lowest BCUT2D eigenvalue weighted by Gasteiger charge is -2.40. The van der Waals surface area contributed by atoms with Crippen molar-refractivity contribution in [3.63, 3.8) is 0 Å². The molecule has 1 fully saturated rings. The molecule has 4 heteroatoms. The van der Waals surface area contributed by atoms with Crippen LogP contribution in [-0.2, 0) is 0 Å². The molecule has 17 heavy (non-hydrogen) atoms. The van der Waals surface area contributed by atoms with Crippen molar-refractivity contribution >= 4 is 17.3 Å². The summed E-state index contributed by atoms with van der Waals surface area (Å²) >= 11 is 0. The minimum absolute atomic E-state index is 0.0876. The number of carbonyl (C=O) groups is 1. The Balaban J connectivity index is 2.29. The number of anilines is 2. The molecule has 0 spiro atoms. The fourth-order valence-corrected chi connectivity index (χ4v) is 2.16. The molecule has 0 aliphatic heterocycles. The van der Waals surface area contributed by atoms with Crippen molar-refractivity contribution < 1.29 is 4.79 Å². The molecule has 0 heterocycles. The van der Waals surface area contributed by atoms with Crippen LogP contribution in [0.15, 0.2) is 18.2 Å². The number of rotatable bonds is 3. The fraction of sp³-hybridized carbons (Fsp3) is 0.462. The van der Waals surface area contributed by atoms with Crippen molar-refractivity contribution in [1.29, 1.82) is 0 Å². The molecule has 4 N–H and O–H groups in total. The minimum Gasteiger partial charge on any atom is -0.399 e. The van der Waals surface area contributed by atoms with Crippen molar-refractivity contribution in [3.05, 3.63) is 23.8 Å². The molecule has 0 radical (unpaired) electrons. The van der Waals surface area contributed by atoms with Gasteiger partial charge in [0.25, 0.3) is 5.91 Å². The number of carbonyl (C=O) groups excluding carboxylic acids is 1. The average Bonchev–Trinajstić information content (AvgIpc) is 2.26. The zero-order valence-corrected chi connectivity index (χ0v) is 10.3. The Morgan fingerprint density at radius 1 is 1.41 bits per heavy atom. The highest BCUT2D eigenvalue weighted by atomic mass is 16.1. The largest absolute Gasteiger partial charge is 0.399 e. The van der Waals surface area contributed by atoms with E-state index in [2.05, 4.69) is 17.6 Å². The number of amides is 1. The summed E-state index contributed by atoms with van der Waals surface area (Å²) in [6.45, 7) is 2.17. The van der Waals surface area contributed by atoms with Gasteiger partial charge in [0.1, 0.15) is 0 Å². The number of hydrogen-bond donors (Lipinski definition) is 3. The summed E-state index contributed by atoms with van der Waals surface area (Å²) in [5, 5.41) is 6.08. The van der Waals surface area contributed by atoms with Gasteiger partial charge in [-0.15, -0.1) is 0 Å². The maximum Gasteiger partial charge on any atom is 0.253 e. The molecule has 0 atom stereocenters. The van der Waals surface area contributed by atoms with Crippen LogP contribution in [0.5, 0.6) is 0 Å². The molecule has 1 saturated carbocycles. The zero-order chi connectivity index (χ0) is 12.5. The van der Waals surface area contributed by atoms with Crippen molar-refractivity contribution in [2.75, 3.05) is 18.1 Å². The summed E-state index contributed by atoms with van der Waals surface area (Å²) in [5.74, 6) is -0.0876. The highest BCUT2D eigenvalue weighted by molar-refractivity contribution is 6.00. The van der Waals surface area contributed by atoms with E-state index in [-0.39, 0.29) is 11.4 Å². The molecule has 92 valence electrons. The van der Waals surface area contributed by atoms with Crippen molar-refractivity contribution in [1.82, 2.24) is 5.32 Å². The molecule has 4 nitrogen and oxygen atoms in total. The maximum absolute atomic E-state index is 11.7. The van der Waals surface area contributed by atoms with Gasteiger partial charge < -0.3 is 16.4 Å². The van der Waals surface area contributed by atoms with E-state index >= 15 is 0 Å². The van der Waals surface area contributed by atoms with Crippen LogP contribution in [0, 0.1) is 0 Å². The third kappa shape index (κ3) is 2.35. The van der Waals surface area contributed by atoms with E-state index in [4.69, 9.17) is 5.73 Å². The van der Waals surface area contributed by atoms with Crippen LogP contribution in [0.2, 0.25) is 0 Å². The Bertz CT molecular complexity index is 438. The highest BCUT2D eigenvalue weighted by Gasteiger charge is 2.32. The average molecular weight is 233 g/mol. The molecule has 1 aromatic rings. The molecule has 0 unspecified atom stereocenters. The summed E-state index contributed by atoms with van der Waals surface area (Å²) < 4.78 is 0. The van der Waals surface area contributed by atoms with Crippen LogP contribution >= 0.6 is 0 Å². The van der Waals surface area contributed by atoms with E-state index in [0.29, 0.717) is 11.3 Å². The summed E-state index contributed by atoms with van der Waals surface area (Å²) in [5.41, 5.74) is 8.03. The Kier molecular flexibility index (Phi) is 2.96. The van der Waals surface area contributed by atoms with E-state index in [9.17, 15) is 4.79 Å². The van der Waals surface area contributed by atoms with Crippen LogP contribution in [-0.4, -0.2) is 18.5 Å². The van der Waals surface area contributed by atoms with Gasteiger partial charge in [-0.2, -0.15) is 0 Å². The van der Waals surface area contributed by atoms with Gasteiger partial charge in [0.15, 0.2) is 0 Å². The van der Waals surface area contributed by atoms with Gasteiger partial charge >= 0.3 is 0 Å². The number of nitrogens with one attached hydrogen (secondary N) is 2. The molecular formula is C13H19N3O. The van der Waals surface area contributed by atoms with E-state index in [1.807, 2.05) is 6.07 Å².